The predicted molar refractivity (Wildman–Crippen MR) is 65.9 cm³/mol. The molecule has 0 fully saturated rings. The van der Waals surface area contributed by atoms with E-state index in [9.17, 15) is 13.2 Å². The van der Waals surface area contributed by atoms with Crippen LogP contribution in [0.25, 0.3) is 11.1 Å². The van der Waals surface area contributed by atoms with E-state index in [0.29, 0.717) is 12.0 Å². The summed E-state index contributed by atoms with van der Waals surface area (Å²) in [5.41, 5.74) is 1.18. The van der Waals surface area contributed by atoms with Gasteiger partial charge in [0.1, 0.15) is 0 Å². The second-order valence-electron chi connectivity index (χ2n) is 3.99. The van der Waals surface area contributed by atoms with Gasteiger partial charge in [-0.2, -0.15) is 13.2 Å². The quantitative estimate of drug-likeness (QED) is 0.720. The standard InChI is InChI=1S/C15H12F3/c1-2-11-7-9-12(10-8-11)13-5-3-4-6-14(13)15(16,17)18/h3-10H,1-2H2. The van der Waals surface area contributed by atoms with Gasteiger partial charge in [0.2, 0.25) is 0 Å². The summed E-state index contributed by atoms with van der Waals surface area (Å²) < 4.78 is 38.6. The minimum atomic E-state index is -4.33. The zero-order chi connectivity index (χ0) is 13.2. The average molecular weight is 249 g/mol. The summed E-state index contributed by atoms with van der Waals surface area (Å²) in [4.78, 5) is 0. The monoisotopic (exact) mass is 249 g/mol. The summed E-state index contributed by atoms with van der Waals surface area (Å²) in [5.74, 6) is 0. The molecule has 2 aromatic carbocycles. The van der Waals surface area contributed by atoms with Crippen LogP contribution in [0, 0.1) is 6.92 Å². The Kier molecular flexibility index (Phi) is 3.41. The molecule has 0 N–H and O–H groups in total. The van der Waals surface area contributed by atoms with E-state index < -0.39 is 11.7 Å². The molecule has 0 heterocycles. The van der Waals surface area contributed by atoms with Crippen LogP contribution in [-0.2, 0) is 12.6 Å². The number of hydrogen-bond acceptors (Lipinski definition) is 0. The van der Waals surface area contributed by atoms with Gasteiger partial charge in [0.25, 0.3) is 0 Å². The highest BCUT2D eigenvalue weighted by Crippen LogP contribution is 2.36. The van der Waals surface area contributed by atoms with Crippen molar-refractivity contribution in [3.8, 4) is 11.1 Å². The topological polar surface area (TPSA) is 0 Å². The predicted octanol–water partition coefficient (Wildman–Crippen LogP) is 4.75. The Hall–Kier alpha value is -1.77. The lowest BCUT2D eigenvalue weighted by Crippen LogP contribution is -2.06. The van der Waals surface area contributed by atoms with E-state index in [1.54, 1.807) is 30.3 Å². The Morgan fingerprint density at radius 1 is 0.889 bits per heavy atom. The molecule has 93 valence electrons. The molecule has 3 heteroatoms. The van der Waals surface area contributed by atoms with E-state index in [0.717, 1.165) is 11.6 Å². The van der Waals surface area contributed by atoms with Crippen LogP contribution in [0.4, 0.5) is 13.2 Å². The molecule has 0 aromatic heterocycles. The Bertz CT molecular complexity index is 524. The number of rotatable bonds is 2. The van der Waals surface area contributed by atoms with Gasteiger partial charge < -0.3 is 0 Å². The van der Waals surface area contributed by atoms with Crippen molar-refractivity contribution in [2.75, 3.05) is 0 Å². The lowest BCUT2D eigenvalue weighted by molar-refractivity contribution is -0.137. The van der Waals surface area contributed by atoms with Gasteiger partial charge >= 0.3 is 6.18 Å². The van der Waals surface area contributed by atoms with Gasteiger partial charge in [0.15, 0.2) is 0 Å². The Morgan fingerprint density at radius 3 is 2.06 bits per heavy atom. The number of hydrogen-bond donors (Lipinski definition) is 0. The van der Waals surface area contributed by atoms with Gasteiger partial charge in [-0.15, -0.1) is 0 Å². The molecule has 0 unspecified atom stereocenters. The largest absolute Gasteiger partial charge is 0.417 e. The fourth-order valence-corrected chi connectivity index (χ4v) is 1.83. The second kappa shape index (κ2) is 4.84. The van der Waals surface area contributed by atoms with Gasteiger partial charge in [-0.25, -0.2) is 0 Å². The third kappa shape index (κ3) is 2.55. The maximum Gasteiger partial charge on any atom is 0.417 e. The van der Waals surface area contributed by atoms with Crippen molar-refractivity contribution >= 4 is 0 Å². The van der Waals surface area contributed by atoms with E-state index in [1.165, 1.54) is 12.1 Å². The minimum Gasteiger partial charge on any atom is -0.166 e. The molecule has 18 heavy (non-hydrogen) atoms. The van der Waals surface area contributed by atoms with E-state index >= 15 is 0 Å². The van der Waals surface area contributed by atoms with Gasteiger partial charge in [-0.05, 0) is 36.1 Å². The molecule has 1 radical (unpaired) electrons. The van der Waals surface area contributed by atoms with E-state index in [2.05, 4.69) is 6.92 Å². The lowest BCUT2D eigenvalue weighted by atomic mass is 9.98. The number of halogens is 3. The molecule has 0 aliphatic heterocycles. The third-order valence-electron chi connectivity index (χ3n) is 2.79. The molecule has 0 spiro atoms. The first kappa shape index (κ1) is 12.7. The van der Waals surface area contributed by atoms with Crippen LogP contribution in [0.15, 0.2) is 48.5 Å². The smallest absolute Gasteiger partial charge is 0.166 e. The lowest BCUT2D eigenvalue weighted by Gasteiger charge is -2.12. The van der Waals surface area contributed by atoms with Crippen molar-refractivity contribution in [1.29, 1.82) is 0 Å². The highest BCUT2D eigenvalue weighted by atomic mass is 19.4. The first-order valence-electron chi connectivity index (χ1n) is 5.57. The van der Waals surface area contributed by atoms with Crippen molar-refractivity contribution in [2.45, 2.75) is 12.6 Å². The average Bonchev–Trinajstić information content (AvgIpc) is 2.38. The SMILES string of the molecule is [CH2]Cc1ccc(-c2ccccc2C(F)(F)F)cc1. The zero-order valence-corrected chi connectivity index (χ0v) is 9.67. The van der Waals surface area contributed by atoms with Crippen LogP contribution in [0.2, 0.25) is 0 Å². The molecule has 2 aromatic rings. The molecular weight excluding hydrogens is 237 g/mol. The summed E-state index contributed by atoms with van der Waals surface area (Å²) in [6, 6.07) is 12.6. The van der Waals surface area contributed by atoms with Crippen molar-refractivity contribution < 1.29 is 13.2 Å². The van der Waals surface area contributed by atoms with Crippen LogP contribution in [0.5, 0.6) is 0 Å². The second-order valence-corrected chi connectivity index (χ2v) is 3.99. The van der Waals surface area contributed by atoms with Crippen LogP contribution >= 0.6 is 0 Å². The molecular formula is C15H12F3. The molecule has 0 aliphatic carbocycles. The normalized spacial score (nSPS) is 11.6. The van der Waals surface area contributed by atoms with Crippen molar-refractivity contribution in [3.63, 3.8) is 0 Å². The first-order valence-corrected chi connectivity index (χ1v) is 5.57. The van der Waals surface area contributed by atoms with Gasteiger partial charge in [-0.1, -0.05) is 42.5 Å². The number of alkyl halides is 3. The van der Waals surface area contributed by atoms with Crippen LogP contribution in [0.3, 0.4) is 0 Å². The van der Waals surface area contributed by atoms with E-state index in [-0.39, 0.29) is 5.56 Å². The third-order valence-corrected chi connectivity index (χ3v) is 2.79. The van der Waals surface area contributed by atoms with Gasteiger partial charge in [-0.3, -0.25) is 0 Å². The molecule has 0 saturated carbocycles. The van der Waals surface area contributed by atoms with E-state index in [1.807, 2.05) is 0 Å². The number of benzene rings is 2. The fourth-order valence-electron chi connectivity index (χ4n) is 1.83. The molecule has 0 bridgehead atoms. The molecule has 0 atom stereocenters. The van der Waals surface area contributed by atoms with Crippen LogP contribution < -0.4 is 0 Å². The Labute approximate surface area is 104 Å². The molecule has 2 rings (SSSR count). The summed E-state index contributed by atoms with van der Waals surface area (Å²) in [7, 11) is 0. The van der Waals surface area contributed by atoms with Crippen molar-refractivity contribution in [3.05, 3.63) is 66.6 Å². The van der Waals surface area contributed by atoms with Gasteiger partial charge in [0, 0.05) is 0 Å². The Morgan fingerprint density at radius 2 is 1.50 bits per heavy atom. The highest BCUT2D eigenvalue weighted by Gasteiger charge is 2.33. The first-order chi connectivity index (χ1) is 8.52. The van der Waals surface area contributed by atoms with Gasteiger partial charge in [0.05, 0.1) is 5.56 Å². The molecule has 0 aliphatic rings. The van der Waals surface area contributed by atoms with Crippen molar-refractivity contribution in [2.24, 2.45) is 0 Å². The summed E-state index contributed by atoms with van der Waals surface area (Å²) >= 11 is 0. The summed E-state index contributed by atoms with van der Waals surface area (Å²) in [6.07, 6.45) is -3.71. The fraction of sp³-hybridized carbons (Fsp3) is 0.133. The van der Waals surface area contributed by atoms with E-state index in [4.69, 9.17) is 0 Å². The molecule has 0 amide bonds. The highest BCUT2D eigenvalue weighted by molar-refractivity contribution is 5.68. The summed E-state index contributed by atoms with van der Waals surface area (Å²) in [6.45, 7) is 3.74. The van der Waals surface area contributed by atoms with Crippen LogP contribution in [-0.4, -0.2) is 0 Å². The zero-order valence-electron chi connectivity index (χ0n) is 9.67. The Balaban J connectivity index is 2.50. The minimum absolute atomic E-state index is 0.209. The maximum atomic E-state index is 12.9. The van der Waals surface area contributed by atoms with Crippen molar-refractivity contribution in [1.82, 2.24) is 0 Å². The summed E-state index contributed by atoms with van der Waals surface area (Å²) in [5, 5.41) is 0. The molecule has 0 saturated heterocycles. The maximum absolute atomic E-state index is 12.9. The molecule has 0 nitrogen and oxygen atoms in total. The van der Waals surface area contributed by atoms with Crippen LogP contribution in [0.1, 0.15) is 11.1 Å².